The third-order valence-electron chi connectivity index (χ3n) is 12.2. The highest BCUT2D eigenvalue weighted by molar-refractivity contribution is 5.88. The summed E-state index contributed by atoms with van der Waals surface area (Å²) in [5.41, 5.74) is 9.80. The number of hydrogen-bond donors (Lipinski definition) is 0. The maximum absolute atomic E-state index is 9.33. The van der Waals surface area contributed by atoms with Crippen molar-refractivity contribution in [3.8, 4) is 62.5 Å². The lowest BCUT2D eigenvalue weighted by Gasteiger charge is -2.51. The van der Waals surface area contributed by atoms with Crippen LogP contribution in [0.3, 0.4) is 0 Å². The van der Waals surface area contributed by atoms with Crippen molar-refractivity contribution in [2.75, 3.05) is 0 Å². The lowest BCUT2D eigenvalue weighted by molar-refractivity contribution is 0.0702. The molecule has 54 heavy (non-hydrogen) atoms. The zero-order chi connectivity index (χ0) is 36.6. The highest BCUT2D eigenvalue weighted by Gasteiger charge is 2.45. The second-order valence-electron chi connectivity index (χ2n) is 15.9. The van der Waals surface area contributed by atoms with Crippen LogP contribution in [0.4, 0.5) is 0 Å². The van der Waals surface area contributed by atoms with Crippen LogP contribution in [-0.4, -0.2) is 15.0 Å². The predicted molar refractivity (Wildman–Crippen MR) is 220 cm³/mol. The van der Waals surface area contributed by atoms with E-state index in [1.807, 2.05) is 24.3 Å². The Bertz CT molecular complexity index is 2490. The maximum atomic E-state index is 9.33. The Hall–Kier alpha value is -5.92. The Kier molecular flexibility index (Phi) is 8.87. The van der Waals surface area contributed by atoms with Gasteiger partial charge in [-0.05, 0) is 112 Å². The standard InChI is InChI=1S/C50H44N4/c1-3-34-26-36-25-33(2)29-50(30-34,31-36)44-23-21-40(22-24-44)48-52-47(53-49(54-48)46-12-8-7-11-45(46)38-9-5-4-6-10-38)39-17-15-37(16-18-39)42-20-19-41-27-35(32-51)13-14-43(41)28-42/h4-24,27-28,33-34,36H,3,25-26,29-31H2,1-2H3/t33-,34+,36-,50?/m0/s1. The summed E-state index contributed by atoms with van der Waals surface area (Å²) in [6.07, 6.45) is 7.96. The van der Waals surface area contributed by atoms with Crippen LogP contribution in [0.25, 0.3) is 67.2 Å². The molecule has 2 aliphatic carbocycles. The van der Waals surface area contributed by atoms with E-state index in [0.717, 1.165) is 67.5 Å². The average Bonchev–Trinajstić information content (AvgIpc) is 3.23. The van der Waals surface area contributed by atoms with Crippen LogP contribution in [0.5, 0.6) is 0 Å². The van der Waals surface area contributed by atoms with Crippen molar-refractivity contribution in [2.45, 2.75) is 57.8 Å². The first-order valence-electron chi connectivity index (χ1n) is 19.5. The maximum Gasteiger partial charge on any atom is 0.164 e. The van der Waals surface area contributed by atoms with Crippen LogP contribution in [0.2, 0.25) is 0 Å². The summed E-state index contributed by atoms with van der Waals surface area (Å²) in [7, 11) is 0. The second kappa shape index (κ2) is 14.1. The molecule has 2 fully saturated rings. The summed E-state index contributed by atoms with van der Waals surface area (Å²) in [6, 6.07) is 51.1. The van der Waals surface area contributed by atoms with Gasteiger partial charge in [0.15, 0.2) is 17.5 Å². The van der Waals surface area contributed by atoms with Crippen molar-refractivity contribution in [3.05, 3.63) is 151 Å². The minimum absolute atomic E-state index is 0.274. The minimum Gasteiger partial charge on any atom is -0.208 e. The highest BCUT2D eigenvalue weighted by Crippen LogP contribution is 2.54. The summed E-state index contributed by atoms with van der Waals surface area (Å²) < 4.78 is 0. The van der Waals surface area contributed by atoms with E-state index in [1.54, 1.807) is 0 Å². The molecule has 2 bridgehead atoms. The average molecular weight is 701 g/mol. The molecule has 1 heterocycles. The first-order valence-corrected chi connectivity index (χ1v) is 19.5. The third-order valence-corrected chi connectivity index (χ3v) is 12.2. The van der Waals surface area contributed by atoms with Gasteiger partial charge in [-0.25, -0.2) is 15.0 Å². The number of hydrogen-bond acceptors (Lipinski definition) is 4. The smallest absolute Gasteiger partial charge is 0.164 e. The molecule has 0 aliphatic heterocycles. The van der Waals surface area contributed by atoms with Crippen LogP contribution in [0, 0.1) is 29.1 Å². The summed E-state index contributed by atoms with van der Waals surface area (Å²) in [5.74, 6) is 4.42. The minimum atomic E-state index is 0.274. The van der Waals surface area contributed by atoms with E-state index < -0.39 is 0 Å². The van der Waals surface area contributed by atoms with Gasteiger partial charge in [-0.3, -0.25) is 0 Å². The molecule has 4 nitrogen and oxygen atoms in total. The van der Waals surface area contributed by atoms with Crippen molar-refractivity contribution < 1.29 is 0 Å². The van der Waals surface area contributed by atoms with Crippen molar-refractivity contribution >= 4 is 10.8 Å². The predicted octanol–water partition coefficient (Wildman–Crippen LogP) is 12.7. The largest absolute Gasteiger partial charge is 0.208 e. The van der Waals surface area contributed by atoms with Crippen molar-refractivity contribution in [2.24, 2.45) is 17.8 Å². The summed E-state index contributed by atoms with van der Waals surface area (Å²) in [6.45, 7) is 4.84. The molecular weight excluding hydrogens is 657 g/mol. The van der Waals surface area contributed by atoms with Gasteiger partial charge in [0.2, 0.25) is 0 Å². The van der Waals surface area contributed by atoms with E-state index in [2.05, 4.69) is 135 Å². The molecule has 4 atom stereocenters. The summed E-state index contributed by atoms with van der Waals surface area (Å²) >= 11 is 0. The number of nitrogens with zero attached hydrogens (tertiary/aromatic N) is 4. The highest BCUT2D eigenvalue weighted by atomic mass is 15.0. The molecule has 4 heteroatoms. The van der Waals surface area contributed by atoms with Crippen LogP contribution in [-0.2, 0) is 5.41 Å². The number of benzene rings is 6. The van der Waals surface area contributed by atoms with Gasteiger partial charge in [0.1, 0.15) is 0 Å². The van der Waals surface area contributed by atoms with Gasteiger partial charge in [0, 0.05) is 16.7 Å². The molecular formula is C50H44N4. The molecule has 6 aromatic carbocycles. The van der Waals surface area contributed by atoms with Crippen LogP contribution in [0.15, 0.2) is 140 Å². The first kappa shape index (κ1) is 33.9. The summed E-state index contributed by atoms with van der Waals surface area (Å²) in [4.78, 5) is 15.5. The number of fused-ring (bicyclic) bond motifs is 3. The monoisotopic (exact) mass is 700 g/mol. The Balaban J connectivity index is 1.11. The molecule has 1 unspecified atom stereocenters. The molecule has 0 amide bonds. The van der Waals surface area contributed by atoms with Crippen molar-refractivity contribution in [1.29, 1.82) is 5.26 Å². The summed E-state index contributed by atoms with van der Waals surface area (Å²) in [5, 5.41) is 11.5. The van der Waals surface area contributed by atoms with Crippen LogP contribution >= 0.6 is 0 Å². The fourth-order valence-corrected chi connectivity index (χ4v) is 9.74. The molecule has 264 valence electrons. The first-order chi connectivity index (χ1) is 26.5. The van der Waals surface area contributed by atoms with Crippen LogP contribution < -0.4 is 0 Å². The van der Waals surface area contributed by atoms with E-state index in [4.69, 9.17) is 15.0 Å². The lowest BCUT2D eigenvalue weighted by atomic mass is 9.54. The lowest BCUT2D eigenvalue weighted by Crippen LogP contribution is -2.42. The van der Waals surface area contributed by atoms with Gasteiger partial charge in [-0.1, -0.05) is 142 Å². The molecule has 0 N–H and O–H groups in total. The molecule has 2 saturated carbocycles. The zero-order valence-corrected chi connectivity index (χ0v) is 31.0. The van der Waals surface area contributed by atoms with Gasteiger partial charge in [0.05, 0.1) is 11.6 Å². The molecule has 7 aromatic rings. The Morgan fingerprint density at radius 1 is 0.574 bits per heavy atom. The fraction of sp³-hybridized carbons (Fsp3) is 0.240. The van der Waals surface area contributed by atoms with E-state index >= 15 is 0 Å². The number of nitriles is 1. The Morgan fingerprint density at radius 3 is 1.91 bits per heavy atom. The second-order valence-corrected chi connectivity index (χ2v) is 15.9. The fourth-order valence-electron chi connectivity index (χ4n) is 9.74. The molecule has 0 spiro atoms. The van der Waals surface area contributed by atoms with Gasteiger partial charge in [0.25, 0.3) is 0 Å². The molecule has 1 aromatic heterocycles. The van der Waals surface area contributed by atoms with E-state index in [-0.39, 0.29) is 5.41 Å². The quantitative estimate of drug-likeness (QED) is 0.166. The topological polar surface area (TPSA) is 62.5 Å². The van der Waals surface area contributed by atoms with E-state index in [0.29, 0.717) is 23.0 Å². The van der Waals surface area contributed by atoms with Gasteiger partial charge >= 0.3 is 0 Å². The van der Waals surface area contributed by atoms with Crippen molar-refractivity contribution in [3.63, 3.8) is 0 Å². The molecule has 0 radical (unpaired) electrons. The van der Waals surface area contributed by atoms with E-state index in [9.17, 15) is 5.26 Å². The Morgan fingerprint density at radius 2 is 1.19 bits per heavy atom. The molecule has 2 aliphatic rings. The van der Waals surface area contributed by atoms with Gasteiger partial charge in [-0.2, -0.15) is 5.26 Å². The molecule has 0 saturated heterocycles. The van der Waals surface area contributed by atoms with Gasteiger partial charge in [-0.15, -0.1) is 0 Å². The van der Waals surface area contributed by atoms with Gasteiger partial charge < -0.3 is 0 Å². The van der Waals surface area contributed by atoms with Crippen LogP contribution in [0.1, 0.15) is 63.5 Å². The zero-order valence-electron chi connectivity index (χ0n) is 31.0. The Labute approximate surface area is 318 Å². The number of aromatic nitrogens is 3. The SMILES string of the molecule is CC[C@@H]1C[C@@H]2C[C@H](C)CC(c3ccc(-c4nc(-c5ccc(-c6ccc7cc(C#N)ccc7c6)cc5)nc(-c5ccccc5-c5ccccc5)n4)cc3)(C1)C2. The third kappa shape index (κ3) is 6.49. The number of rotatable bonds is 7. The normalized spacial score (nSPS) is 20.7. The van der Waals surface area contributed by atoms with Crippen molar-refractivity contribution in [1.82, 2.24) is 15.0 Å². The molecule has 9 rings (SSSR count). The van der Waals surface area contributed by atoms with E-state index in [1.165, 1.54) is 44.1 Å².